The quantitative estimate of drug-likeness (QED) is 0.675. The van der Waals surface area contributed by atoms with E-state index in [-0.39, 0.29) is 5.78 Å². The van der Waals surface area contributed by atoms with Crippen molar-refractivity contribution in [3.63, 3.8) is 0 Å². The van der Waals surface area contributed by atoms with E-state index in [4.69, 9.17) is 0 Å². The minimum absolute atomic E-state index is 0.163. The zero-order valence-corrected chi connectivity index (χ0v) is 13.7. The molecule has 2 aromatic rings. The summed E-state index contributed by atoms with van der Waals surface area (Å²) in [5, 5.41) is 1.99. The molecule has 1 heterocycles. The van der Waals surface area contributed by atoms with E-state index in [2.05, 4.69) is 39.8 Å². The van der Waals surface area contributed by atoms with Gasteiger partial charge in [0.15, 0.2) is 0 Å². The molecule has 0 unspecified atom stereocenters. The minimum atomic E-state index is 0.163. The van der Waals surface area contributed by atoms with Crippen molar-refractivity contribution in [1.29, 1.82) is 0 Å². The summed E-state index contributed by atoms with van der Waals surface area (Å²) in [6.07, 6.45) is 0. The van der Waals surface area contributed by atoms with Crippen molar-refractivity contribution in [1.82, 2.24) is 0 Å². The maximum atomic E-state index is 12.7. The van der Waals surface area contributed by atoms with Crippen LogP contribution in [0.1, 0.15) is 71.5 Å². The van der Waals surface area contributed by atoms with Gasteiger partial charge in [-0.05, 0) is 46.9 Å². The molecule has 0 aliphatic heterocycles. The van der Waals surface area contributed by atoms with Crippen LogP contribution < -0.4 is 0 Å². The zero-order valence-electron chi connectivity index (χ0n) is 12.9. The Morgan fingerprint density at radius 1 is 1.05 bits per heavy atom. The van der Waals surface area contributed by atoms with Crippen LogP contribution in [0, 0.1) is 6.92 Å². The zero-order chi connectivity index (χ0) is 14.9. The Labute approximate surface area is 125 Å². The van der Waals surface area contributed by atoms with Gasteiger partial charge in [0.05, 0.1) is 4.88 Å². The summed E-state index contributed by atoms with van der Waals surface area (Å²) in [5.41, 5.74) is 4.39. The summed E-state index contributed by atoms with van der Waals surface area (Å²) in [7, 11) is 0. The third-order valence-electron chi connectivity index (χ3n) is 3.68. The van der Waals surface area contributed by atoms with Crippen LogP contribution in [-0.2, 0) is 0 Å². The average molecular weight is 286 g/mol. The summed E-state index contributed by atoms with van der Waals surface area (Å²) >= 11 is 1.53. The van der Waals surface area contributed by atoms with E-state index >= 15 is 0 Å². The second-order valence-corrected chi connectivity index (χ2v) is 6.83. The van der Waals surface area contributed by atoms with Gasteiger partial charge in [-0.3, -0.25) is 4.79 Å². The molecule has 0 saturated carbocycles. The van der Waals surface area contributed by atoms with Gasteiger partial charge in [-0.15, -0.1) is 11.3 Å². The first-order valence-electron chi connectivity index (χ1n) is 7.14. The predicted octanol–water partition coefficient (Wildman–Crippen LogP) is 5.53. The summed E-state index contributed by atoms with van der Waals surface area (Å²) in [6, 6.07) is 8.31. The van der Waals surface area contributed by atoms with Gasteiger partial charge in [-0.1, -0.05) is 45.9 Å². The van der Waals surface area contributed by atoms with Crippen molar-refractivity contribution in [2.24, 2.45) is 0 Å². The van der Waals surface area contributed by atoms with Crippen LogP contribution in [-0.4, -0.2) is 5.78 Å². The monoisotopic (exact) mass is 286 g/mol. The largest absolute Gasteiger partial charge is 0.288 e. The molecular weight excluding hydrogens is 264 g/mol. The topological polar surface area (TPSA) is 17.1 Å². The Bertz CT molecular complexity index is 620. The van der Waals surface area contributed by atoms with Crippen LogP contribution in [0.3, 0.4) is 0 Å². The molecule has 0 atom stereocenters. The Kier molecular flexibility index (Phi) is 4.44. The van der Waals surface area contributed by atoms with Gasteiger partial charge in [-0.25, -0.2) is 0 Å². The van der Waals surface area contributed by atoms with Gasteiger partial charge < -0.3 is 0 Å². The van der Waals surface area contributed by atoms with Crippen molar-refractivity contribution < 1.29 is 4.79 Å². The molecule has 1 aromatic carbocycles. The van der Waals surface area contributed by atoms with Crippen molar-refractivity contribution in [2.75, 3.05) is 0 Å². The number of carbonyl (C=O) groups is 1. The highest BCUT2D eigenvalue weighted by atomic mass is 32.1. The van der Waals surface area contributed by atoms with E-state index in [1.165, 1.54) is 16.9 Å². The van der Waals surface area contributed by atoms with Crippen molar-refractivity contribution >= 4 is 17.1 Å². The highest BCUT2D eigenvalue weighted by molar-refractivity contribution is 7.12. The fraction of sp³-hybridized carbons (Fsp3) is 0.389. The SMILES string of the molecule is Cc1ccsc1C(=O)c1ccc(C(C)C)cc1C(C)C. The first-order valence-corrected chi connectivity index (χ1v) is 8.02. The van der Waals surface area contributed by atoms with Gasteiger partial charge in [0.25, 0.3) is 0 Å². The maximum absolute atomic E-state index is 12.7. The lowest BCUT2D eigenvalue weighted by Gasteiger charge is -2.15. The molecule has 0 fully saturated rings. The van der Waals surface area contributed by atoms with Crippen molar-refractivity contribution in [3.05, 3.63) is 56.8 Å². The summed E-state index contributed by atoms with van der Waals surface area (Å²) in [5.74, 6) is 1.00. The number of aryl methyl sites for hydroxylation is 1. The molecule has 0 saturated heterocycles. The van der Waals surface area contributed by atoms with Crippen molar-refractivity contribution in [3.8, 4) is 0 Å². The van der Waals surface area contributed by atoms with Crippen LogP contribution in [0.5, 0.6) is 0 Å². The van der Waals surface area contributed by atoms with Crippen LogP contribution in [0.25, 0.3) is 0 Å². The molecule has 0 radical (unpaired) electrons. The number of rotatable bonds is 4. The second-order valence-electron chi connectivity index (χ2n) is 5.92. The average Bonchev–Trinajstić information content (AvgIpc) is 2.83. The van der Waals surface area contributed by atoms with E-state index in [1.807, 2.05) is 24.4 Å². The highest BCUT2D eigenvalue weighted by Crippen LogP contribution is 2.28. The number of hydrogen-bond acceptors (Lipinski definition) is 2. The first-order chi connectivity index (χ1) is 9.41. The summed E-state index contributed by atoms with van der Waals surface area (Å²) < 4.78 is 0. The lowest BCUT2D eigenvalue weighted by Crippen LogP contribution is -2.07. The Morgan fingerprint density at radius 2 is 1.75 bits per heavy atom. The molecule has 2 heteroatoms. The minimum Gasteiger partial charge on any atom is -0.288 e. The van der Waals surface area contributed by atoms with Gasteiger partial charge in [0.2, 0.25) is 5.78 Å². The fourth-order valence-corrected chi connectivity index (χ4v) is 3.23. The molecule has 1 aromatic heterocycles. The van der Waals surface area contributed by atoms with E-state index in [0.29, 0.717) is 11.8 Å². The van der Waals surface area contributed by atoms with Crippen LogP contribution in [0.15, 0.2) is 29.6 Å². The molecular formula is C18H22OS. The van der Waals surface area contributed by atoms with E-state index in [0.717, 1.165) is 21.6 Å². The molecule has 0 amide bonds. The van der Waals surface area contributed by atoms with Gasteiger partial charge in [-0.2, -0.15) is 0 Å². The molecule has 2 rings (SSSR count). The number of thiophene rings is 1. The van der Waals surface area contributed by atoms with Gasteiger partial charge in [0.1, 0.15) is 0 Å². The van der Waals surface area contributed by atoms with Gasteiger partial charge >= 0.3 is 0 Å². The van der Waals surface area contributed by atoms with E-state index in [9.17, 15) is 4.79 Å². The molecule has 0 N–H and O–H groups in total. The maximum Gasteiger partial charge on any atom is 0.203 e. The summed E-state index contributed by atoms with van der Waals surface area (Å²) in [4.78, 5) is 13.6. The van der Waals surface area contributed by atoms with E-state index < -0.39 is 0 Å². The van der Waals surface area contributed by atoms with Crippen molar-refractivity contribution in [2.45, 2.75) is 46.5 Å². The Hall–Kier alpha value is -1.41. The predicted molar refractivity (Wildman–Crippen MR) is 87.1 cm³/mol. The third kappa shape index (κ3) is 2.85. The molecule has 106 valence electrons. The van der Waals surface area contributed by atoms with Gasteiger partial charge in [0, 0.05) is 5.56 Å². The van der Waals surface area contributed by atoms with E-state index in [1.54, 1.807) is 0 Å². The number of benzene rings is 1. The molecule has 0 aliphatic rings. The summed E-state index contributed by atoms with van der Waals surface area (Å²) in [6.45, 7) is 10.7. The van der Waals surface area contributed by atoms with Crippen LogP contribution in [0.4, 0.5) is 0 Å². The molecule has 0 spiro atoms. The number of ketones is 1. The van der Waals surface area contributed by atoms with Crippen LogP contribution >= 0.6 is 11.3 Å². The fourth-order valence-electron chi connectivity index (χ4n) is 2.35. The number of hydrogen-bond donors (Lipinski definition) is 0. The molecule has 1 nitrogen and oxygen atoms in total. The second kappa shape index (κ2) is 5.92. The lowest BCUT2D eigenvalue weighted by molar-refractivity contribution is 0.104. The number of carbonyl (C=O) groups excluding carboxylic acids is 1. The Morgan fingerprint density at radius 3 is 2.25 bits per heavy atom. The highest BCUT2D eigenvalue weighted by Gasteiger charge is 2.19. The van der Waals surface area contributed by atoms with Crippen LogP contribution in [0.2, 0.25) is 0 Å². The standard InChI is InChI=1S/C18H22OS/c1-11(2)14-6-7-15(16(10-14)12(3)4)17(19)18-13(5)8-9-20-18/h6-12H,1-5H3. The molecule has 0 bridgehead atoms. The first kappa shape index (κ1) is 15.0. The third-order valence-corrected chi connectivity index (χ3v) is 4.69. The molecule has 20 heavy (non-hydrogen) atoms. The smallest absolute Gasteiger partial charge is 0.203 e. The molecule has 0 aliphatic carbocycles. The Balaban J connectivity index is 2.51. The normalized spacial score (nSPS) is 11.3. The lowest BCUT2D eigenvalue weighted by atomic mass is 9.89.